The molecule has 0 amide bonds. The van der Waals surface area contributed by atoms with Gasteiger partial charge in [0.25, 0.3) is 0 Å². The molecule has 0 aliphatic heterocycles. The number of rotatable bonds is 6. The van der Waals surface area contributed by atoms with E-state index in [4.69, 9.17) is 16.3 Å². The summed E-state index contributed by atoms with van der Waals surface area (Å²) in [5, 5.41) is -0.453. The standard InChI is InChI=1S/C17H17ClO2/c1-2-16(18)17(19)14-8-10-15(11-9-14)20-12-13-6-4-3-5-7-13/h3-11,16H,2,12H2,1H3. The fraction of sp³-hybridized carbons (Fsp3) is 0.235. The van der Waals surface area contributed by atoms with Gasteiger partial charge in [-0.05, 0) is 36.2 Å². The number of Topliss-reactive ketones (excluding diaryl/α,β-unsaturated/α-hetero) is 1. The van der Waals surface area contributed by atoms with E-state index in [9.17, 15) is 4.79 Å². The van der Waals surface area contributed by atoms with Gasteiger partial charge >= 0.3 is 0 Å². The summed E-state index contributed by atoms with van der Waals surface area (Å²) in [5.74, 6) is 0.705. The summed E-state index contributed by atoms with van der Waals surface area (Å²) in [6.45, 7) is 2.41. The second-order valence-electron chi connectivity index (χ2n) is 4.54. The van der Waals surface area contributed by atoms with Gasteiger partial charge in [-0.2, -0.15) is 0 Å². The molecule has 0 aromatic heterocycles. The molecule has 0 spiro atoms. The van der Waals surface area contributed by atoms with E-state index in [-0.39, 0.29) is 5.78 Å². The number of halogens is 1. The summed E-state index contributed by atoms with van der Waals surface area (Å²) in [4.78, 5) is 11.9. The fourth-order valence-electron chi connectivity index (χ4n) is 1.82. The number of hydrogen-bond acceptors (Lipinski definition) is 2. The van der Waals surface area contributed by atoms with Gasteiger partial charge in [0, 0.05) is 5.56 Å². The number of alkyl halides is 1. The van der Waals surface area contributed by atoms with Gasteiger partial charge in [-0.25, -0.2) is 0 Å². The van der Waals surface area contributed by atoms with Crippen molar-refractivity contribution in [3.63, 3.8) is 0 Å². The predicted octanol–water partition coefficient (Wildman–Crippen LogP) is 4.47. The molecule has 3 heteroatoms. The first-order valence-corrected chi connectivity index (χ1v) is 7.09. The summed E-state index contributed by atoms with van der Waals surface area (Å²) < 4.78 is 5.67. The first-order valence-electron chi connectivity index (χ1n) is 6.65. The van der Waals surface area contributed by atoms with E-state index < -0.39 is 5.38 Å². The third-order valence-corrected chi connectivity index (χ3v) is 3.54. The minimum Gasteiger partial charge on any atom is -0.489 e. The Morgan fingerprint density at radius 2 is 1.75 bits per heavy atom. The van der Waals surface area contributed by atoms with E-state index in [2.05, 4.69) is 0 Å². The largest absolute Gasteiger partial charge is 0.489 e. The molecule has 2 aromatic rings. The van der Waals surface area contributed by atoms with Gasteiger partial charge < -0.3 is 4.74 Å². The molecule has 0 aliphatic carbocycles. The first-order chi connectivity index (χ1) is 9.70. The minimum absolute atomic E-state index is 0.0382. The van der Waals surface area contributed by atoms with Crippen molar-refractivity contribution in [2.45, 2.75) is 25.3 Å². The highest BCUT2D eigenvalue weighted by Gasteiger charge is 2.14. The second kappa shape index (κ2) is 7.11. The quantitative estimate of drug-likeness (QED) is 0.579. The molecular weight excluding hydrogens is 272 g/mol. The maximum Gasteiger partial charge on any atom is 0.180 e. The second-order valence-corrected chi connectivity index (χ2v) is 5.07. The van der Waals surface area contributed by atoms with E-state index in [1.807, 2.05) is 37.3 Å². The van der Waals surface area contributed by atoms with Crippen LogP contribution in [0.1, 0.15) is 29.3 Å². The SMILES string of the molecule is CCC(Cl)C(=O)c1ccc(OCc2ccccc2)cc1. The third-order valence-electron chi connectivity index (χ3n) is 3.03. The van der Waals surface area contributed by atoms with Crippen LogP contribution in [0.3, 0.4) is 0 Å². The van der Waals surface area contributed by atoms with Crippen LogP contribution in [-0.2, 0) is 6.61 Å². The van der Waals surface area contributed by atoms with Crippen molar-refractivity contribution in [3.8, 4) is 5.75 Å². The molecule has 1 atom stereocenters. The van der Waals surface area contributed by atoms with Crippen LogP contribution in [-0.4, -0.2) is 11.2 Å². The summed E-state index contributed by atoms with van der Waals surface area (Å²) in [5.41, 5.74) is 1.73. The lowest BCUT2D eigenvalue weighted by Gasteiger charge is -2.08. The molecule has 104 valence electrons. The average molecular weight is 289 g/mol. The summed E-state index contributed by atoms with van der Waals surface area (Å²) in [6, 6.07) is 17.1. The lowest BCUT2D eigenvalue weighted by molar-refractivity contribution is 0.0985. The molecule has 0 fully saturated rings. The number of ether oxygens (including phenoxy) is 1. The monoisotopic (exact) mass is 288 g/mol. The molecule has 0 saturated heterocycles. The molecular formula is C17H17ClO2. The van der Waals surface area contributed by atoms with Crippen LogP contribution in [0.2, 0.25) is 0 Å². The number of hydrogen-bond donors (Lipinski definition) is 0. The van der Waals surface area contributed by atoms with E-state index in [0.717, 1.165) is 11.3 Å². The Morgan fingerprint density at radius 1 is 1.10 bits per heavy atom. The van der Waals surface area contributed by atoms with Gasteiger partial charge in [0.05, 0.1) is 5.38 Å². The number of ketones is 1. The highest BCUT2D eigenvalue weighted by Crippen LogP contribution is 2.17. The van der Waals surface area contributed by atoms with Gasteiger partial charge in [0.2, 0.25) is 0 Å². The smallest absolute Gasteiger partial charge is 0.180 e. The normalized spacial score (nSPS) is 11.9. The lowest BCUT2D eigenvalue weighted by atomic mass is 10.1. The van der Waals surface area contributed by atoms with Crippen molar-refractivity contribution in [2.75, 3.05) is 0 Å². The maximum atomic E-state index is 11.9. The number of carbonyl (C=O) groups is 1. The molecule has 0 bridgehead atoms. The molecule has 0 N–H and O–H groups in total. The topological polar surface area (TPSA) is 26.3 Å². The van der Waals surface area contributed by atoms with E-state index in [0.29, 0.717) is 18.6 Å². The van der Waals surface area contributed by atoms with E-state index in [1.54, 1.807) is 24.3 Å². The van der Waals surface area contributed by atoms with E-state index in [1.165, 1.54) is 0 Å². The lowest BCUT2D eigenvalue weighted by Crippen LogP contribution is -2.13. The van der Waals surface area contributed by atoms with Crippen molar-refractivity contribution >= 4 is 17.4 Å². The number of carbonyl (C=O) groups excluding carboxylic acids is 1. The van der Waals surface area contributed by atoms with Crippen molar-refractivity contribution in [1.82, 2.24) is 0 Å². The van der Waals surface area contributed by atoms with Crippen molar-refractivity contribution in [2.24, 2.45) is 0 Å². The van der Waals surface area contributed by atoms with Crippen molar-refractivity contribution in [3.05, 3.63) is 65.7 Å². The predicted molar refractivity (Wildman–Crippen MR) is 81.5 cm³/mol. The van der Waals surface area contributed by atoms with Crippen molar-refractivity contribution < 1.29 is 9.53 Å². The summed E-state index contributed by atoms with van der Waals surface area (Å²) in [7, 11) is 0. The van der Waals surface area contributed by atoms with Crippen LogP contribution >= 0.6 is 11.6 Å². The average Bonchev–Trinajstić information content (AvgIpc) is 2.53. The van der Waals surface area contributed by atoms with Gasteiger partial charge in [-0.15, -0.1) is 11.6 Å². The Hall–Kier alpha value is -1.80. The van der Waals surface area contributed by atoms with Crippen LogP contribution in [0, 0.1) is 0 Å². The van der Waals surface area contributed by atoms with Crippen LogP contribution < -0.4 is 4.74 Å². The Labute approximate surface area is 124 Å². The Kier molecular flexibility index (Phi) is 5.19. The first kappa shape index (κ1) is 14.6. The van der Waals surface area contributed by atoms with E-state index >= 15 is 0 Å². The van der Waals surface area contributed by atoms with Crippen LogP contribution in [0.5, 0.6) is 5.75 Å². The van der Waals surface area contributed by atoms with Gasteiger partial charge in [0.15, 0.2) is 5.78 Å². The number of benzene rings is 2. The van der Waals surface area contributed by atoms with Gasteiger partial charge in [-0.1, -0.05) is 37.3 Å². The molecule has 2 nitrogen and oxygen atoms in total. The maximum absolute atomic E-state index is 11.9. The molecule has 20 heavy (non-hydrogen) atoms. The minimum atomic E-state index is -0.453. The summed E-state index contributed by atoms with van der Waals surface area (Å²) in [6.07, 6.45) is 0.632. The molecule has 0 aliphatic rings. The van der Waals surface area contributed by atoms with Gasteiger partial charge in [-0.3, -0.25) is 4.79 Å². The third kappa shape index (κ3) is 3.84. The highest BCUT2D eigenvalue weighted by molar-refractivity contribution is 6.33. The Balaban J connectivity index is 1.96. The molecule has 0 heterocycles. The zero-order chi connectivity index (χ0) is 14.4. The summed E-state index contributed by atoms with van der Waals surface area (Å²) >= 11 is 5.95. The highest BCUT2D eigenvalue weighted by atomic mass is 35.5. The molecule has 2 rings (SSSR count). The molecule has 0 saturated carbocycles. The van der Waals surface area contributed by atoms with Crippen LogP contribution in [0.15, 0.2) is 54.6 Å². The zero-order valence-corrected chi connectivity index (χ0v) is 12.1. The Morgan fingerprint density at radius 3 is 2.35 bits per heavy atom. The molecule has 0 radical (unpaired) electrons. The van der Waals surface area contributed by atoms with Crippen LogP contribution in [0.25, 0.3) is 0 Å². The Bertz CT molecular complexity index is 549. The molecule has 2 aromatic carbocycles. The van der Waals surface area contributed by atoms with Crippen molar-refractivity contribution in [1.29, 1.82) is 0 Å². The van der Waals surface area contributed by atoms with Gasteiger partial charge in [0.1, 0.15) is 12.4 Å². The molecule has 1 unspecified atom stereocenters. The van der Waals surface area contributed by atoms with Crippen LogP contribution in [0.4, 0.5) is 0 Å². The zero-order valence-electron chi connectivity index (χ0n) is 11.4. The fourth-order valence-corrected chi connectivity index (χ4v) is 1.95.